The third kappa shape index (κ3) is 7.23. The Morgan fingerprint density at radius 3 is 2.38 bits per heavy atom. The van der Waals surface area contributed by atoms with Gasteiger partial charge in [0, 0.05) is 25.9 Å². The van der Waals surface area contributed by atoms with Crippen molar-refractivity contribution < 1.29 is 4.79 Å². The summed E-state index contributed by atoms with van der Waals surface area (Å²) in [7, 11) is 0. The lowest BCUT2D eigenvalue weighted by Crippen LogP contribution is -2.36. The highest BCUT2D eigenvalue weighted by Gasteiger charge is 2.14. The molecule has 0 saturated heterocycles. The van der Waals surface area contributed by atoms with Crippen molar-refractivity contribution >= 4 is 23.1 Å². The van der Waals surface area contributed by atoms with E-state index in [1.165, 1.54) is 11.1 Å². The number of nitrogens with zero attached hydrogens (tertiary/aromatic N) is 1. The van der Waals surface area contributed by atoms with Crippen LogP contribution in [0.15, 0.2) is 24.3 Å². The van der Waals surface area contributed by atoms with Gasteiger partial charge in [-0.3, -0.25) is 4.79 Å². The third-order valence-corrected chi connectivity index (χ3v) is 3.52. The number of amides is 1. The fourth-order valence-corrected chi connectivity index (χ4v) is 2.26. The second-order valence-corrected chi connectivity index (χ2v) is 6.46. The topological polar surface area (TPSA) is 46.3 Å². The Kier molecular flexibility index (Phi) is 7.37. The van der Waals surface area contributed by atoms with E-state index >= 15 is 0 Å². The first-order valence-corrected chi connectivity index (χ1v) is 7.91. The molecule has 0 aliphatic heterocycles. The minimum atomic E-state index is 0.181. The Morgan fingerprint density at radius 2 is 1.86 bits per heavy atom. The Hall–Kier alpha value is -1.42. The first kappa shape index (κ1) is 17.6. The third-order valence-electron chi connectivity index (χ3n) is 3.31. The van der Waals surface area contributed by atoms with E-state index in [2.05, 4.69) is 45.0 Å². The molecule has 1 amide bonds. The average Bonchev–Trinajstić information content (AvgIpc) is 2.42. The molecule has 3 nitrogen and oxygen atoms in total. The van der Waals surface area contributed by atoms with E-state index < -0.39 is 0 Å². The molecule has 2 N–H and O–H groups in total. The molecule has 1 rings (SSSR count). The monoisotopic (exact) mass is 306 g/mol. The molecule has 0 heterocycles. The highest BCUT2D eigenvalue weighted by Crippen LogP contribution is 2.09. The van der Waals surface area contributed by atoms with E-state index in [4.69, 9.17) is 18.0 Å². The number of hydrogen-bond acceptors (Lipinski definition) is 2. The molecule has 0 aliphatic carbocycles. The maximum Gasteiger partial charge on any atom is 0.222 e. The summed E-state index contributed by atoms with van der Waals surface area (Å²) in [6, 6.07) is 8.34. The minimum Gasteiger partial charge on any atom is -0.393 e. The van der Waals surface area contributed by atoms with E-state index in [0.717, 1.165) is 13.0 Å². The molecule has 4 heteroatoms. The second-order valence-electron chi connectivity index (χ2n) is 5.94. The minimum absolute atomic E-state index is 0.181. The van der Waals surface area contributed by atoms with Gasteiger partial charge in [-0.05, 0) is 24.8 Å². The van der Waals surface area contributed by atoms with Crippen LogP contribution in [0.2, 0.25) is 0 Å². The SMILES string of the molecule is Cc1ccc(CCC(=O)N(CCC(N)=S)CC(C)C)cc1. The van der Waals surface area contributed by atoms with E-state index in [1.54, 1.807) is 0 Å². The van der Waals surface area contributed by atoms with Crippen molar-refractivity contribution in [2.45, 2.75) is 40.0 Å². The molecule has 0 atom stereocenters. The number of aryl methyl sites for hydroxylation is 2. The summed E-state index contributed by atoms with van der Waals surface area (Å²) in [6.45, 7) is 7.67. The Balaban J connectivity index is 2.54. The lowest BCUT2D eigenvalue weighted by atomic mass is 10.1. The Morgan fingerprint density at radius 1 is 1.24 bits per heavy atom. The van der Waals surface area contributed by atoms with Crippen molar-refractivity contribution in [1.29, 1.82) is 0 Å². The smallest absolute Gasteiger partial charge is 0.222 e. The fraction of sp³-hybridized carbons (Fsp3) is 0.529. The van der Waals surface area contributed by atoms with Gasteiger partial charge < -0.3 is 10.6 Å². The highest BCUT2D eigenvalue weighted by molar-refractivity contribution is 7.80. The van der Waals surface area contributed by atoms with Gasteiger partial charge in [0.25, 0.3) is 0 Å². The maximum atomic E-state index is 12.4. The summed E-state index contributed by atoms with van der Waals surface area (Å²) in [6.07, 6.45) is 1.91. The van der Waals surface area contributed by atoms with Crippen molar-refractivity contribution in [2.24, 2.45) is 11.7 Å². The van der Waals surface area contributed by atoms with Crippen LogP contribution in [0.5, 0.6) is 0 Å². The summed E-state index contributed by atoms with van der Waals surface area (Å²) >= 11 is 4.91. The van der Waals surface area contributed by atoms with E-state index in [1.807, 2.05) is 4.90 Å². The van der Waals surface area contributed by atoms with Gasteiger partial charge in [0.2, 0.25) is 5.91 Å². The van der Waals surface area contributed by atoms with Crippen molar-refractivity contribution in [2.75, 3.05) is 13.1 Å². The van der Waals surface area contributed by atoms with Gasteiger partial charge in [0.15, 0.2) is 0 Å². The fourth-order valence-electron chi connectivity index (χ4n) is 2.17. The zero-order valence-corrected chi connectivity index (χ0v) is 14.1. The van der Waals surface area contributed by atoms with Gasteiger partial charge in [0.05, 0.1) is 4.99 Å². The largest absolute Gasteiger partial charge is 0.393 e. The predicted molar refractivity (Wildman–Crippen MR) is 92.3 cm³/mol. The molecule has 21 heavy (non-hydrogen) atoms. The summed E-state index contributed by atoms with van der Waals surface area (Å²) < 4.78 is 0. The van der Waals surface area contributed by atoms with Crippen LogP contribution >= 0.6 is 12.2 Å². The number of thiocarbonyl (C=S) groups is 1. The van der Waals surface area contributed by atoms with Crippen LogP contribution in [-0.4, -0.2) is 28.9 Å². The normalized spacial score (nSPS) is 10.7. The first-order chi connectivity index (χ1) is 9.88. The molecular formula is C17H26N2OS. The number of rotatable bonds is 8. The predicted octanol–water partition coefficient (Wildman–Crippen LogP) is 3.09. The molecule has 0 unspecified atom stereocenters. The van der Waals surface area contributed by atoms with Crippen LogP contribution in [0.4, 0.5) is 0 Å². The van der Waals surface area contributed by atoms with E-state index in [-0.39, 0.29) is 5.91 Å². The summed E-state index contributed by atoms with van der Waals surface area (Å²) in [4.78, 5) is 14.7. The van der Waals surface area contributed by atoms with Gasteiger partial charge in [-0.1, -0.05) is 55.9 Å². The lowest BCUT2D eigenvalue weighted by molar-refractivity contribution is -0.131. The van der Waals surface area contributed by atoms with Crippen LogP contribution in [0.1, 0.15) is 37.8 Å². The maximum absolute atomic E-state index is 12.4. The zero-order chi connectivity index (χ0) is 15.8. The molecule has 0 bridgehead atoms. The van der Waals surface area contributed by atoms with Gasteiger partial charge in [0.1, 0.15) is 0 Å². The van der Waals surface area contributed by atoms with Crippen LogP contribution in [0.3, 0.4) is 0 Å². The van der Waals surface area contributed by atoms with Crippen molar-refractivity contribution in [3.8, 4) is 0 Å². The van der Waals surface area contributed by atoms with Crippen LogP contribution in [-0.2, 0) is 11.2 Å². The number of nitrogens with two attached hydrogens (primary N) is 1. The molecule has 0 fully saturated rings. The summed E-state index contributed by atoms with van der Waals surface area (Å²) in [5.41, 5.74) is 7.98. The van der Waals surface area contributed by atoms with Crippen molar-refractivity contribution in [3.05, 3.63) is 35.4 Å². The molecule has 1 aromatic carbocycles. The lowest BCUT2D eigenvalue weighted by Gasteiger charge is -2.24. The average molecular weight is 306 g/mol. The molecule has 0 spiro atoms. The summed E-state index contributed by atoms with van der Waals surface area (Å²) in [5, 5.41) is 0. The van der Waals surface area contributed by atoms with Gasteiger partial charge in [-0.25, -0.2) is 0 Å². The van der Waals surface area contributed by atoms with Crippen LogP contribution in [0.25, 0.3) is 0 Å². The number of benzene rings is 1. The molecule has 1 aromatic rings. The molecule has 0 aromatic heterocycles. The Bertz CT molecular complexity index is 468. The van der Waals surface area contributed by atoms with Crippen molar-refractivity contribution in [3.63, 3.8) is 0 Å². The van der Waals surface area contributed by atoms with E-state index in [0.29, 0.717) is 30.3 Å². The van der Waals surface area contributed by atoms with Gasteiger partial charge in [-0.2, -0.15) is 0 Å². The first-order valence-electron chi connectivity index (χ1n) is 7.50. The number of hydrogen-bond donors (Lipinski definition) is 1. The van der Waals surface area contributed by atoms with Gasteiger partial charge >= 0.3 is 0 Å². The molecular weight excluding hydrogens is 280 g/mol. The van der Waals surface area contributed by atoms with Gasteiger partial charge in [-0.15, -0.1) is 0 Å². The zero-order valence-electron chi connectivity index (χ0n) is 13.3. The van der Waals surface area contributed by atoms with Crippen molar-refractivity contribution in [1.82, 2.24) is 4.90 Å². The van der Waals surface area contributed by atoms with Crippen LogP contribution < -0.4 is 5.73 Å². The van der Waals surface area contributed by atoms with Crippen LogP contribution in [0, 0.1) is 12.8 Å². The highest BCUT2D eigenvalue weighted by atomic mass is 32.1. The molecule has 0 radical (unpaired) electrons. The Labute approximate surface area is 133 Å². The molecule has 116 valence electrons. The quantitative estimate of drug-likeness (QED) is 0.751. The number of carbonyl (C=O) groups is 1. The second kappa shape index (κ2) is 8.78. The molecule has 0 saturated carbocycles. The number of carbonyl (C=O) groups excluding carboxylic acids is 1. The standard InChI is InChI=1S/C17H26N2OS/c1-13(2)12-19(11-10-16(18)21)17(20)9-8-15-6-4-14(3)5-7-15/h4-7,13H,8-12H2,1-3H3,(H2,18,21). The summed E-state index contributed by atoms with van der Waals surface area (Å²) in [5.74, 6) is 0.625. The van der Waals surface area contributed by atoms with E-state index in [9.17, 15) is 4.79 Å². The molecule has 0 aliphatic rings.